The molecule has 4 nitrogen and oxygen atoms in total. The van der Waals surface area contributed by atoms with Gasteiger partial charge in [0.05, 0.1) is 0 Å². The van der Waals surface area contributed by atoms with Gasteiger partial charge in [0.1, 0.15) is 5.75 Å². The van der Waals surface area contributed by atoms with Crippen LogP contribution < -0.4 is 4.65 Å². The zero-order valence-electron chi connectivity index (χ0n) is 8.77. The highest BCUT2D eigenvalue weighted by atomic mass is 79.9. The maximum absolute atomic E-state index is 9.51. The fraction of sp³-hybridized carbons (Fsp3) is 0.400. The average Bonchev–Trinajstić information content (AvgIpc) is 2.25. The Balaban J connectivity index is 2.49. The smallest absolute Gasteiger partial charge is 0.522 e. The fourth-order valence-corrected chi connectivity index (χ4v) is 1.62. The van der Waals surface area contributed by atoms with Crippen LogP contribution in [0.25, 0.3) is 0 Å². The normalized spacial score (nSPS) is 10.1. The lowest BCUT2D eigenvalue weighted by Gasteiger charge is -2.11. The van der Waals surface area contributed by atoms with Gasteiger partial charge in [0, 0.05) is 5.33 Å². The van der Waals surface area contributed by atoms with Crippen molar-refractivity contribution in [3.05, 3.63) is 18.2 Å². The fourth-order valence-electron chi connectivity index (χ4n) is 1.22. The third kappa shape index (κ3) is 3.94. The maximum atomic E-state index is 9.51. The highest BCUT2D eigenvalue weighted by Gasteiger charge is 2.17. The van der Waals surface area contributed by atoms with Crippen LogP contribution in [0.15, 0.2) is 18.2 Å². The first-order valence-electron chi connectivity index (χ1n) is 5.06. The molecule has 0 aliphatic carbocycles. The van der Waals surface area contributed by atoms with Crippen molar-refractivity contribution < 1.29 is 19.9 Å². The Morgan fingerprint density at radius 1 is 1.25 bits per heavy atom. The molecule has 1 aromatic rings. The number of phenols is 2. The molecule has 1 aromatic carbocycles. The number of unbranched alkanes of at least 4 members (excludes halogenated alkanes) is 1. The summed E-state index contributed by atoms with van der Waals surface area (Å²) in [5, 5.41) is 29.0. The lowest BCUT2D eigenvalue weighted by Crippen LogP contribution is -2.21. The van der Waals surface area contributed by atoms with Crippen molar-refractivity contribution in [3.63, 3.8) is 0 Å². The minimum absolute atomic E-state index is 0.0892. The van der Waals surface area contributed by atoms with Crippen molar-refractivity contribution in [2.75, 3.05) is 5.33 Å². The Hall–Kier alpha value is -0.875. The quantitative estimate of drug-likeness (QED) is 0.325. The first kappa shape index (κ1) is 13.2. The maximum Gasteiger partial charge on any atom is 0.522 e. The van der Waals surface area contributed by atoms with E-state index in [2.05, 4.69) is 15.9 Å². The Morgan fingerprint density at radius 3 is 2.69 bits per heavy atom. The number of phenolic OH excluding ortho intramolecular Hbond substituents is 2. The van der Waals surface area contributed by atoms with Gasteiger partial charge in [-0.25, -0.2) is 0 Å². The average molecular weight is 289 g/mol. The molecule has 0 heterocycles. The molecule has 1 rings (SSSR count). The van der Waals surface area contributed by atoms with E-state index in [0.717, 1.165) is 18.2 Å². The van der Waals surface area contributed by atoms with E-state index in [9.17, 15) is 15.2 Å². The van der Waals surface area contributed by atoms with Crippen LogP contribution in [-0.4, -0.2) is 27.7 Å². The van der Waals surface area contributed by atoms with Gasteiger partial charge in [-0.15, -0.1) is 0 Å². The van der Waals surface area contributed by atoms with E-state index in [0.29, 0.717) is 6.32 Å². The first-order valence-corrected chi connectivity index (χ1v) is 6.19. The zero-order chi connectivity index (χ0) is 12.0. The van der Waals surface area contributed by atoms with E-state index >= 15 is 0 Å². The molecular formula is C10H14BBrO4. The van der Waals surface area contributed by atoms with Crippen molar-refractivity contribution >= 4 is 23.0 Å². The Kier molecular flexibility index (Phi) is 5.48. The molecule has 0 amide bonds. The van der Waals surface area contributed by atoms with Crippen LogP contribution in [0.2, 0.25) is 6.32 Å². The summed E-state index contributed by atoms with van der Waals surface area (Å²) in [6.45, 7) is 0. The predicted molar refractivity (Wildman–Crippen MR) is 66.2 cm³/mol. The number of benzene rings is 1. The molecule has 0 spiro atoms. The molecule has 6 heteroatoms. The summed E-state index contributed by atoms with van der Waals surface area (Å²) in [6, 6.07) is 4.37. The van der Waals surface area contributed by atoms with Gasteiger partial charge >= 0.3 is 7.12 Å². The summed E-state index contributed by atoms with van der Waals surface area (Å²) in [5.41, 5.74) is 0. The highest BCUT2D eigenvalue weighted by molar-refractivity contribution is 9.09. The molecule has 0 saturated heterocycles. The van der Waals surface area contributed by atoms with Crippen molar-refractivity contribution in [1.29, 1.82) is 0 Å². The Bertz CT molecular complexity index is 335. The molecule has 16 heavy (non-hydrogen) atoms. The number of para-hydroxylation sites is 1. The second-order valence-corrected chi connectivity index (χ2v) is 4.17. The van der Waals surface area contributed by atoms with Crippen LogP contribution in [0.1, 0.15) is 12.8 Å². The third-order valence-corrected chi connectivity index (χ3v) is 2.64. The molecular weight excluding hydrogens is 275 g/mol. The summed E-state index contributed by atoms with van der Waals surface area (Å²) >= 11 is 3.29. The second-order valence-electron chi connectivity index (χ2n) is 3.38. The highest BCUT2D eigenvalue weighted by Crippen LogP contribution is 2.34. The van der Waals surface area contributed by atoms with Crippen LogP contribution in [-0.2, 0) is 0 Å². The molecule has 0 aliphatic rings. The number of hydrogen-bond acceptors (Lipinski definition) is 4. The summed E-state index contributed by atoms with van der Waals surface area (Å²) in [6.07, 6.45) is 2.26. The molecule has 0 fully saturated rings. The first-order chi connectivity index (χ1) is 7.65. The number of aromatic hydroxyl groups is 2. The molecule has 0 unspecified atom stereocenters. The van der Waals surface area contributed by atoms with Gasteiger partial charge in [0.15, 0.2) is 11.5 Å². The standard InChI is InChI=1S/C10H14BBrO4/c12-7-2-1-6-11(15)16-9-5-3-4-8(13)10(9)14/h3-5,13-15H,1-2,6-7H2. The Labute approximate surface area is 103 Å². The molecule has 0 aromatic heterocycles. The van der Waals surface area contributed by atoms with Crippen LogP contribution in [0.3, 0.4) is 0 Å². The van der Waals surface area contributed by atoms with Crippen LogP contribution in [0, 0.1) is 0 Å². The van der Waals surface area contributed by atoms with Gasteiger partial charge in [-0.2, -0.15) is 0 Å². The van der Waals surface area contributed by atoms with E-state index in [1.54, 1.807) is 0 Å². The molecule has 0 aliphatic heterocycles. The predicted octanol–water partition coefficient (Wildman–Crippen LogP) is 2.13. The van der Waals surface area contributed by atoms with Crippen LogP contribution in [0.4, 0.5) is 0 Å². The number of rotatable bonds is 6. The third-order valence-electron chi connectivity index (χ3n) is 2.08. The van der Waals surface area contributed by atoms with Gasteiger partial charge in [-0.1, -0.05) is 28.4 Å². The van der Waals surface area contributed by atoms with Crippen molar-refractivity contribution in [2.24, 2.45) is 0 Å². The SMILES string of the molecule is OB(CCCCBr)Oc1cccc(O)c1O. The summed E-state index contributed by atoms with van der Waals surface area (Å²) in [4.78, 5) is 0. The van der Waals surface area contributed by atoms with E-state index in [-0.39, 0.29) is 17.2 Å². The molecule has 0 bridgehead atoms. The van der Waals surface area contributed by atoms with Crippen molar-refractivity contribution in [1.82, 2.24) is 0 Å². The van der Waals surface area contributed by atoms with E-state index in [4.69, 9.17) is 4.65 Å². The molecule has 88 valence electrons. The molecule has 3 N–H and O–H groups in total. The number of alkyl halides is 1. The molecule has 0 saturated carbocycles. The minimum atomic E-state index is -0.966. The van der Waals surface area contributed by atoms with Crippen molar-refractivity contribution in [2.45, 2.75) is 19.2 Å². The lowest BCUT2D eigenvalue weighted by atomic mass is 9.83. The monoisotopic (exact) mass is 288 g/mol. The van der Waals surface area contributed by atoms with E-state index in [1.165, 1.54) is 18.2 Å². The molecule has 0 atom stereocenters. The Morgan fingerprint density at radius 2 is 2.00 bits per heavy atom. The van der Waals surface area contributed by atoms with Crippen LogP contribution >= 0.6 is 15.9 Å². The molecule has 0 radical (unpaired) electrons. The number of halogens is 1. The summed E-state index contributed by atoms with van der Waals surface area (Å²) in [7, 11) is -0.966. The van der Waals surface area contributed by atoms with Gasteiger partial charge in [-0.05, 0) is 24.9 Å². The minimum Gasteiger partial charge on any atom is -0.533 e. The topological polar surface area (TPSA) is 69.9 Å². The summed E-state index contributed by atoms with van der Waals surface area (Å²) in [5.74, 6) is -0.515. The van der Waals surface area contributed by atoms with E-state index < -0.39 is 7.12 Å². The van der Waals surface area contributed by atoms with Gasteiger partial charge < -0.3 is 19.9 Å². The lowest BCUT2D eigenvalue weighted by molar-refractivity contribution is 0.363. The zero-order valence-corrected chi connectivity index (χ0v) is 10.4. The van der Waals surface area contributed by atoms with Gasteiger partial charge in [0.25, 0.3) is 0 Å². The second kappa shape index (κ2) is 6.65. The van der Waals surface area contributed by atoms with Crippen LogP contribution in [0.5, 0.6) is 17.2 Å². The summed E-state index contributed by atoms with van der Waals surface area (Å²) < 4.78 is 5.10. The largest absolute Gasteiger partial charge is 0.533 e. The van der Waals surface area contributed by atoms with E-state index in [1.807, 2.05) is 0 Å². The number of hydrogen-bond donors (Lipinski definition) is 3. The van der Waals surface area contributed by atoms with Crippen molar-refractivity contribution in [3.8, 4) is 17.2 Å². The van der Waals surface area contributed by atoms with Gasteiger partial charge in [-0.3, -0.25) is 0 Å². The van der Waals surface area contributed by atoms with Gasteiger partial charge in [0.2, 0.25) is 0 Å².